The van der Waals surface area contributed by atoms with Gasteiger partial charge in [-0.05, 0) is 35.9 Å². The molecule has 0 atom stereocenters. The van der Waals surface area contributed by atoms with Gasteiger partial charge in [0.05, 0.1) is 11.1 Å². The van der Waals surface area contributed by atoms with E-state index in [-0.39, 0.29) is 22.4 Å². The van der Waals surface area contributed by atoms with Crippen molar-refractivity contribution in [1.29, 1.82) is 0 Å². The Bertz CT molecular complexity index is 1150. The molecule has 3 aromatic rings. The number of carbonyl (C=O) groups is 2. The van der Waals surface area contributed by atoms with Gasteiger partial charge < -0.3 is 10.2 Å². The summed E-state index contributed by atoms with van der Waals surface area (Å²) in [6.07, 6.45) is 0. The van der Waals surface area contributed by atoms with Gasteiger partial charge in [-0.15, -0.1) is 0 Å². The molecule has 156 valence electrons. The molecule has 1 heterocycles. The van der Waals surface area contributed by atoms with Crippen molar-refractivity contribution in [2.24, 2.45) is 5.92 Å². The van der Waals surface area contributed by atoms with Crippen LogP contribution in [0.2, 0.25) is 0 Å². The molecule has 0 aliphatic heterocycles. The number of hydrogen-bond donors (Lipinski definition) is 1. The quantitative estimate of drug-likeness (QED) is 0.624. The second-order valence-corrected chi connectivity index (χ2v) is 8.48. The van der Waals surface area contributed by atoms with Gasteiger partial charge in [-0.2, -0.15) is 5.10 Å². The Morgan fingerprint density at radius 2 is 1.70 bits per heavy atom. The number of thioether (sulfide) groups is 1. The zero-order chi connectivity index (χ0) is 21.8. The van der Waals surface area contributed by atoms with Gasteiger partial charge >= 0.3 is 0 Å². The maximum Gasteiger partial charge on any atom is 0.286 e. The molecule has 7 nitrogen and oxygen atoms in total. The maximum absolute atomic E-state index is 13.2. The summed E-state index contributed by atoms with van der Waals surface area (Å²) in [6.45, 7) is 4.38. The van der Waals surface area contributed by atoms with E-state index >= 15 is 0 Å². The lowest BCUT2D eigenvalue weighted by Gasteiger charge is -2.15. The summed E-state index contributed by atoms with van der Waals surface area (Å²) in [5.74, 6) is -0.240. The van der Waals surface area contributed by atoms with Gasteiger partial charge in [-0.1, -0.05) is 44.2 Å². The third-order valence-corrected chi connectivity index (χ3v) is 5.43. The van der Waals surface area contributed by atoms with Crippen molar-refractivity contribution >= 4 is 39.4 Å². The lowest BCUT2D eigenvalue weighted by atomic mass is 10.1. The molecular formula is C22H24N4O3S. The van der Waals surface area contributed by atoms with Crippen molar-refractivity contribution < 1.29 is 9.59 Å². The molecule has 1 aromatic heterocycles. The smallest absolute Gasteiger partial charge is 0.286 e. The van der Waals surface area contributed by atoms with E-state index in [2.05, 4.69) is 10.4 Å². The number of fused-ring (bicyclic) bond motifs is 1. The predicted octanol–water partition coefficient (Wildman–Crippen LogP) is 4.08. The van der Waals surface area contributed by atoms with E-state index in [4.69, 9.17) is 0 Å². The Hall–Kier alpha value is -3.13. The van der Waals surface area contributed by atoms with Crippen molar-refractivity contribution in [2.45, 2.75) is 25.3 Å². The Kier molecular flexibility index (Phi) is 6.56. The van der Waals surface area contributed by atoms with Gasteiger partial charge in [0, 0.05) is 30.9 Å². The van der Waals surface area contributed by atoms with E-state index in [1.165, 1.54) is 9.58 Å². The third-order valence-electron chi connectivity index (χ3n) is 4.32. The van der Waals surface area contributed by atoms with Gasteiger partial charge in [0.1, 0.15) is 0 Å². The number of nitrogens with zero attached hydrogens (tertiary/aromatic N) is 3. The molecule has 3 rings (SSSR count). The van der Waals surface area contributed by atoms with E-state index in [1.54, 1.807) is 62.6 Å². The van der Waals surface area contributed by atoms with Crippen LogP contribution in [0, 0.1) is 5.92 Å². The lowest BCUT2D eigenvalue weighted by molar-refractivity contribution is 0.102. The largest absolute Gasteiger partial charge is 0.339 e. The average molecular weight is 425 g/mol. The average Bonchev–Trinajstić information content (AvgIpc) is 2.71. The SMILES string of the molecule is CC(C)Cn1nc(C(=O)Nc2ccccc2SC(=O)N(C)C)c2ccccc2c1=O. The highest BCUT2D eigenvalue weighted by Gasteiger charge is 2.19. The number of aromatic nitrogens is 2. The number of benzene rings is 2. The van der Waals surface area contributed by atoms with Crippen molar-refractivity contribution in [3.63, 3.8) is 0 Å². The van der Waals surface area contributed by atoms with Crippen LogP contribution in [-0.2, 0) is 6.54 Å². The van der Waals surface area contributed by atoms with Gasteiger partial charge in [-0.3, -0.25) is 14.4 Å². The minimum Gasteiger partial charge on any atom is -0.339 e. The molecule has 0 unspecified atom stereocenters. The Morgan fingerprint density at radius 1 is 1.07 bits per heavy atom. The molecule has 2 amide bonds. The van der Waals surface area contributed by atoms with E-state index in [9.17, 15) is 14.4 Å². The van der Waals surface area contributed by atoms with Gasteiger partial charge in [0.25, 0.3) is 16.7 Å². The molecule has 0 aliphatic carbocycles. The zero-order valence-electron chi connectivity index (χ0n) is 17.4. The van der Waals surface area contributed by atoms with Crippen LogP contribution < -0.4 is 10.9 Å². The van der Waals surface area contributed by atoms with Crippen molar-refractivity contribution in [3.8, 4) is 0 Å². The van der Waals surface area contributed by atoms with Crippen LogP contribution in [0.25, 0.3) is 10.8 Å². The van der Waals surface area contributed by atoms with Crippen LogP contribution in [0.15, 0.2) is 58.2 Å². The highest BCUT2D eigenvalue weighted by molar-refractivity contribution is 8.13. The molecule has 0 radical (unpaired) electrons. The number of nitrogens with one attached hydrogen (secondary N) is 1. The Morgan fingerprint density at radius 3 is 2.37 bits per heavy atom. The van der Waals surface area contributed by atoms with E-state index in [0.717, 1.165) is 11.8 Å². The number of anilines is 1. The van der Waals surface area contributed by atoms with Gasteiger partial charge in [0.15, 0.2) is 5.69 Å². The lowest BCUT2D eigenvalue weighted by Crippen LogP contribution is -2.29. The standard InChI is InChI=1S/C22H24N4O3S/c1-14(2)13-26-21(28)16-10-6-5-9-15(16)19(24-26)20(27)23-17-11-7-8-12-18(17)30-22(29)25(3)4/h5-12,14H,13H2,1-4H3,(H,23,27). The first-order chi connectivity index (χ1) is 14.3. The van der Waals surface area contributed by atoms with E-state index < -0.39 is 5.91 Å². The number of hydrogen-bond acceptors (Lipinski definition) is 5. The highest BCUT2D eigenvalue weighted by atomic mass is 32.2. The molecule has 30 heavy (non-hydrogen) atoms. The fraction of sp³-hybridized carbons (Fsp3) is 0.273. The molecule has 0 saturated carbocycles. The first kappa shape index (κ1) is 21.6. The summed E-state index contributed by atoms with van der Waals surface area (Å²) in [6, 6.07) is 14.0. The maximum atomic E-state index is 13.2. The van der Waals surface area contributed by atoms with Crippen LogP contribution in [-0.4, -0.2) is 39.9 Å². The molecule has 0 aliphatic rings. The fourth-order valence-electron chi connectivity index (χ4n) is 2.90. The van der Waals surface area contributed by atoms with Crippen molar-refractivity contribution in [2.75, 3.05) is 19.4 Å². The molecule has 1 N–H and O–H groups in total. The van der Waals surface area contributed by atoms with Crippen LogP contribution in [0.5, 0.6) is 0 Å². The van der Waals surface area contributed by atoms with Crippen LogP contribution in [0.1, 0.15) is 24.3 Å². The van der Waals surface area contributed by atoms with Crippen molar-refractivity contribution in [1.82, 2.24) is 14.7 Å². The topological polar surface area (TPSA) is 84.3 Å². The summed E-state index contributed by atoms with van der Waals surface area (Å²) in [7, 11) is 3.34. The normalized spacial score (nSPS) is 11.0. The summed E-state index contributed by atoms with van der Waals surface area (Å²) < 4.78 is 1.35. The third kappa shape index (κ3) is 4.71. The zero-order valence-corrected chi connectivity index (χ0v) is 18.2. The first-order valence-electron chi connectivity index (χ1n) is 9.57. The number of para-hydroxylation sites is 1. The highest BCUT2D eigenvalue weighted by Crippen LogP contribution is 2.29. The Labute approximate surface area is 179 Å². The van der Waals surface area contributed by atoms with Crippen LogP contribution >= 0.6 is 11.8 Å². The summed E-state index contributed by atoms with van der Waals surface area (Å²) >= 11 is 1.03. The number of amides is 2. The molecule has 0 saturated heterocycles. The summed E-state index contributed by atoms with van der Waals surface area (Å²) in [5, 5.41) is 8.02. The summed E-state index contributed by atoms with van der Waals surface area (Å²) in [5.41, 5.74) is 0.461. The molecular weight excluding hydrogens is 400 g/mol. The Balaban J connectivity index is 2.02. The predicted molar refractivity (Wildman–Crippen MR) is 120 cm³/mol. The second kappa shape index (κ2) is 9.13. The van der Waals surface area contributed by atoms with E-state index in [0.29, 0.717) is 27.9 Å². The van der Waals surface area contributed by atoms with Crippen LogP contribution in [0.3, 0.4) is 0 Å². The number of carbonyl (C=O) groups excluding carboxylic acids is 2. The minimum absolute atomic E-state index is 0.147. The molecule has 2 aromatic carbocycles. The summed E-state index contributed by atoms with van der Waals surface area (Å²) in [4.78, 5) is 40.1. The minimum atomic E-state index is -0.436. The molecule has 0 spiro atoms. The monoisotopic (exact) mass is 424 g/mol. The van der Waals surface area contributed by atoms with Crippen LogP contribution in [0.4, 0.5) is 10.5 Å². The van der Waals surface area contributed by atoms with E-state index in [1.807, 2.05) is 13.8 Å². The first-order valence-corrected chi connectivity index (χ1v) is 10.4. The van der Waals surface area contributed by atoms with Gasteiger partial charge in [0.2, 0.25) is 0 Å². The molecule has 0 fully saturated rings. The number of rotatable bonds is 5. The molecule has 0 bridgehead atoms. The van der Waals surface area contributed by atoms with Gasteiger partial charge in [-0.25, -0.2) is 4.68 Å². The fourth-order valence-corrected chi connectivity index (χ4v) is 3.64. The molecule has 8 heteroatoms. The van der Waals surface area contributed by atoms with Crippen molar-refractivity contribution in [3.05, 3.63) is 64.6 Å². The second-order valence-electron chi connectivity index (χ2n) is 7.49.